The van der Waals surface area contributed by atoms with E-state index in [4.69, 9.17) is 5.53 Å². The first-order chi connectivity index (χ1) is 8.70. The summed E-state index contributed by atoms with van der Waals surface area (Å²) in [7, 11) is 0. The number of fused-ring (bicyclic) bond motifs is 1. The molecule has 0 aliphatic carbocycles. The van der Waals surface area contributed by atoms with Crippen LogP contribution in [0.15, 0.2) is 47.6 Å². The molecule has 0 spiro atoms. The Hall–Kier alpha value is -2.85. The van der Waals surface area contributed by atoms with E-state index < -0.39 is 11.8 Å². The molecule has 0 bridgehead atoms. The predicted molar refractivity (Wildman–Crippen MR) is 66.7 cm³/mol. The number of rotatable bonds is 1. The molecule has 0 fully saturated rings. The van der Waals surface area contributed by atoms with E-state index in [2.05, 4.69) is 15.3 Å². The van der Waals surface area contributed by atoms with Crippen LogP contribution < -0.4 is 5.32 Å². The van der Waals surface area contributed by atoms with E-state index in [0.717, 1.165) is 10.8 Å². The average Bonchev–Trinajstić information content (AvgIpc) is 2.39. The van der Waals surface area contributed by atoms with Crippen molar-refractivity contribution in [1.29, 1.82) is 0 Å². The summed E-state index contributed by atoms with van der Waals surface area (Å²) in [4.78, 5) is 24.6. The molecule has 2 amide bonds. The molecular weight excluding hydrogens is 232 g/mol. The number of amides is 2. The number of carbonyl (C=O) groups excluding carboxylic acids is 2. The zero-order chi connectivity index (χ0) is 13.0. The van der Waals surface area contributed by atoms with E-state index in [1.807, 2.05) is 30.3 Å². The summed E-state index contributed by atoms with van der Waals surface area (Å²) < 4.78 is 0. The summed E-state index contributed by atoms with van der Waals surface area (Å²) in [5.74, 6) is -2.12. The fourth-order valence-corrected chi connectivity index (χ4v) is 1.54. The van der Waals surface area contributed by atoms with Gasteiger partial charge >= 0.3 is 5.91 Å². The number of nitrogens with zero attached hydrogens (tertiary/aromatic N) is 3. The summed E-state index contributed by atoms with van der Waals surface area (Å²) in [6.45, 7) is 0. The maximum atomic E-state index is 11.3. The lowest BCUT2D eigenvalue weighted by atomic mass is 10.1. The van der Waals surface area contributed by atoms with Crippen molar-refractivity contribution >= 4 is 28.3 Å². The Morgan fingerprint density at radius 3 is 2.56 bits per heavy atom. The van der Waals surface area contributed by atoms with Crippen molar-refractivity contribution in [3.63, 3.8) is 0 Å². The van der Waals surface area contributed by atoms with Crippen LogP contribution in [0.2, 0.25) is 0 Å². The third kappa shape index (κ3) is 2.45. The van der Waals surface area contributed by atoms with Gasteiger partial charge in [0.25, 0.3) is 5.91 Å². The number of hydrogen-bond donors (Lipinski definition) is 1. The van der Waals surface area contributed by atoms with Gasteiger partial charge in [-0.2, -0.15) is 0 Å². The molecule has 0 aliphatic heterocycles. The van der Waals surface area contributed by atoms with Crippen molar-refractivity contribution in [2.45, 2.75) is 0 Å². The Morgan fingerprint density at radius 1 is 1.11 bits per heavy atom. The van der Waals surface area contributed by atoms with Crippen LogP contribution in [0, 0.1) is 0 Å². The fraction of sp³-hybridized carbons (Fsp3) is 0. The molecule has 0 heterocycles. The van der Waals surface area contributed by atoms with E-state index in [0.29, 0.717) is 5.69 Å². The van der Waals surface area contributed by atoms with Gasteiger partial charge in [0.2, 0.25) is 0 Å². The quantitative estimate of drug-likeness (QED) is 0.359. The summed E-state index contributed by atoms with van der Waals surface area (Å²) >= 11 is 0. The minimum atomic E-state index is -1.16. The first-order valence-electron chi connectivity index (χ1n) is 5.10. The van der Waals surface area contributed by atoms with Gasteiger partial charge < -0.3 is 5.32 Å². The first kappa shape index (κ1) is 11.6. The van der Waals surface area contributed by atoms with Crippen LogP contribution in [-0.4, -0.2) is 11.8 Å². The highest BCUT2D eigenvalue weighted by Crippen LogP contribution is 2.18. The van der Waals surface area contributed by atoms with Crippen LogP contribution in [0.5, 0.6) is 0 Å². The molecule has 0 saturated carbocycles. The monoisotopic (exact) mass is 240 g/mol. The summed E-state index contributed by atoms with van der Waals surface area (Å²) in [5, 5.41) is 7.04. The molecule has 2 rings (SSSR count). The molecule has 2 aromatic rings. The van der Waals surface area contributed by atoms with Gasteiger partial charge in [0.1, 0.15) is 0 Å². The molecule has 0 atom stereocenters. The highest BCUT2D eigenvalue weighted by atomic mass is 16.2. The van der Waals surface area contributed by atoms with Gasteiger partial charge in [-0.3, -0.25) is 9.59 Å². The normalized spacial score (nSPS) is 9.56. The van der Waals surface area contributed by atoms with E-state index in [9.17, 15) is 9.59 Å². The Balaban J connectivity index is 2.24. The van der Waals surface area contributed by atoms with Crippen LogP contribution in [0.1, 0.15) is 0 Å². The molecule has 18 heavy (non-hydrogen) atoms. The Kier molecular flexibility index (Phi) is 3.22. The second kappa shape index (κ2) is 4.99. The Morgan fingerprint density at radius 2 is 1.83 bits per heavy atom. The van der Waals surface area contributed by atoms with Crippen molar-refractivity contribution < 1.29 is 9.59 Å². The molecular formula is C12H8N4O2. The molecule has 0 saturated heterocycles. The van der Waals surface area contributed by atoms with Gasteiger partial charge in [0, 0.05) is 10.6 Å². The van der Waals surface area contributed by atoms with Crippen LogP contribution in [0.25, 0.3) is 21.2 Å². The Bertz CT molecular complexity index is 675. The van der Waals surface area contributed by atoms with Gasteiger partial charge in [0.05, 0.1) is 0 Å². The maximum absolute atomic E-state index is 11.3. The molecule has 0 unspecified atom stereocenters. The molecule has 6 nitrogen and oxygen atoms in total. The number of anilines is 1. The molecule has 0 radical (unpaired) electrons. The fourth-order valence-electron chi connectivity index (χ4n) is 1.54. The van der Waals surface area contributed by atoms with Crippen molar-refractivity contribution in [2.75, 3.05) is 5.32 Å². The lowest BCUT2D eigenvalue weighted by Gasteiger charge is -2.04. The molecule has 1 N–H and O–H groups in total. The van der Waals surface area contributed by atoms with E-state index in [1.165, 1.54) is 0 Å². The average molecular weight is 240 g/mol. The van der Waals surface area contributed by atoms with Crippen LogP contribution in [0.4, 0.5) is 5.69 Å². The summed E-state index contributed by atoms with van der Waals surface area (Å²) in [6, 6.07) is 12.8. The number of hydrogen-bond acceptors (Lipinski definition) is 2. The molecule has 0 aromatic heterocycles. The zero-order valence-electron chi connectivity index (χ0n) is 9.20. The highest BCUT2D eigenvalue weighted by molar-refractivity contribution is 6.40. The van der Waals surface area contributed by atoms with E-state index in [1.54, 1.807) is 12.1 Å². The van der Waals surface area contributed by atoms with Crippen molar-refractivity contribution in [3.05, 3.63) is 52.9 Å². The maximum Gasteiger partial charge on any atom is 0.306 e. The second-order valence-corrected chi connectivity index (χ2v) is 3.51. The standard InChI is InChI=1S/C12H8N4O2/c13-16-15-12(18)11(17)14-10-6-5-8-3-1-2-4-9(8)7-10/h1-7H,(H,14,17). The first-order valence-corrected chi connectivity index (χ1v) is 5.10. The van der Waals surface area contributed by atoms with Crippen molar-refractivity contribution in [1.82, 2.24) is 0 Å². The Labute approximate surface area is 102 Å². The summed E-state index contributed by atoms with van der Waals surface area (Å²) in [5.41, 5.74) is 8.52. The van der Waals surface area contributed by atoms with E-state index >= 15 is 0 Å². The zero-order valence-corrected chi connectivity index (χ0v) is 9.20. The third-order valence-electron chi connectivity index (χ3n) is 2.34. The minimum Gasteiger partial charge on any atom is -0.319 e. The van der Waals surface area contributed by atoms with Crippen molar-refractivity contribution in [2.24, 2.45) is 5.11 Å². The van der Waals surface area contributed by atoms with Crippen molar-refractivity contribution in [3.8, 4) is 0 Å². The topological polar surface area (TPSA) is 94.9 Å². The van der Waals surface area contributed by atoms with Gasteiger partial charge in [-0.1, -0.05) is 30.3 Å². The predicted octanol–water partition coefficient (Wildman–Crippen LogP) is 2.62. The molecule has 6 heteroatoms. The minimum absolute atomic E-state index is 0.472. The highest BCUT2D eigenvalue weighted by Gasteiger charge is 2.11. The molecule has 0 aliphatic rings. The smallest absolute Gasteiger partial charge is 0.306 e. The molecule has 2 aromatic carbocycles. The van der Waals surface area contributed by atoms with Crippen LogP contribution in [-0.2, 0) is 9.59 Å². The van der Waals surface area contributed by atoms with Gasteiger partial charge in [-0.15, -0.1) is 0 Å². The number of azide groups is 1. The SMILES string of the molecule is [N-]=[N+]=NC(=O)C(=O)Nc1ccc2ccccc2c1. The molecule has 88 valence electrons. The number of benzene rings is 2. The van der Waals surface area contributed by atoms with Gasteiger partial charge in [-0.25, -0.2) is 0 Å². The number of nitrogens with one attached hydrogen (secondary N) is 1. The van der Waals surface area contributed by atoms with Gasteiger partial charge in [0.15, 0.2) is 0 Å². The largest absolute Gasteiger partial charge is 0.319 e. The van der Waals surface area contributed by atoms with Crippen LogP contribution >= 0.6 is 0 Å². The number of carbonyl (C=O) groups is 2. The second-order valence-electron chi connectivity index (χ2n) is 3.51. The third-order valence-corrected chi connectivity index (χ3v) is 2.34. The van der Waals surface area contributed by atoms with E-state index in [-0.39, 0.29) is 0 Å². The lowest BCUT2D eigenvalue weighted by molar-refractivity contribution is -0.134. The lowest BCUT2D eigenvalue weighted by Crippen LogP contribution is -2.20. The van der Waals surface area contributed by atoms with Gasteiger partial charge in [-0.05, 0) is 33.6 Å². The summed E-state index contributed by atoms with van der Waals surface area (Å²) in [6.07, 6.45) is 0. The van der Waals surface area contributed by atoms with Crippen LogP contribution in [0.3, 0.4) is 0 Å².